The van der Waals surface area contributed by atoms with Crippen LogP contribution in [0.3, 0.4) is 0 Å². The van der Waals surface area contributed by atoms with Gasteiger partial charge in [-0.15, -0.1) is 0 Å². The van der Waals surface area contributed by atoms with Gasteiger partial charge in [0.2, 0.25) is 5.91 Å². The van der Waals surface area contributed by atoms with E-state index in [4.69, 9.17) is 11.6 Å². The van der Waals surface area contributed by atoms with Crippen molar-refractivity contribution in [3.63, 3.8) is 0 Å². The average Bonchev–Trinajstić information content (AvgIpc) is 3.07. The molecule has 2 heterocycles. The molecule has 1 amide bonds. The number of halogens is 1. The zero-order valence-corrected chi connectivity index (χ0v) is 14.8. The van der Waals surface area contributed by atoms with Gasteiger partial charge < -0.3 is 5.32 Å². The molecule has 0 aliphatic carbocycles. The fourth-order valence-corrected chi connectivity index (χ4v) is 2.73. The fourth-order valence-electron chi connectivity index (χ4n) is 2.62. The molecule has 0 radical (unpaired) electrons. The third-order valence-corrected chi connectivity index (χ3v) is 4.44. The summed E-state index contributed by atoms with van der Waals surface area (Å²) in [7, 11) is 0. The summed E-state index contributed by atoms with van der Waals surface area (Å²) in [6.07, 6.45) is 8.08. The molecule has 3 rings (SSSR count). The maximum Gasteiger partial charge on any atom is 0.252 e. The SMILES string of the molecule is Cc1cc(CCC(=O)NCCCc2cnc3ncnn3c2)ccc1Cl. The third kappa shape index (κ3) is 4.76. The van der Waals surface area contributed by atoms with Crippen LogP contribution >= 0.6 is 11.6 Å². The number of rotatable bonds is 7. The molecule has 0 unspecified atom stereocenters. The Morgan fingerprint density at radius 1 is 1.24 bits per heavy atom. The van der Waals surface area contributed by atoms with Gasteiger partial charge in [-0.3, -0.25) is 4.79 Å². The number of aryl methyl sites for hydroxylation is 3. The van der Waals surface area contributed by atoms with Gasteiger partial charge in [0.15, 0.2) is 0 Å². The topological polar surface area (TPSA) is 72.2 Å². The van der Waals surface area contributed by atoms with Crippen molar-refractivity contribution in [3.8, 4) is 0 Å². The summed E-state index contributed by atoms with van der Waals surface area (Å²) in [6, 6.07) is 5.88. The highest BCUT2D eigenvalue weighted by molar-refractivity contribution is 6.31. The fraction of sp³-hybridized carbons (Fsp3) is 0.333. The van der Waals surface area contributed by atoms with Gasteiger partial charge in [0.25, 0.3) is 5.78 Å². The predicted molar refractivity (Wildman–Crippen MR) is 96.6 cm³/mol. The zero-order chi connectivity index (χ0) is 17.6. The summed E-state index contributed by atoms with van der Waals surface area (Å²) in [4.78, 5) is 20.2. The van der Waals surface area contributed by atoms with Crippen molar-refractivity contribution < 1.29 is 4.79 Å². The van der Waals surface area contributed by atoms with E-state index in [1.54, 1.807) is 10.7 Å². The Balaban J connectivity index is 1.38. The van der Waals surface area contributed by atoms with E-state index in [-0.39, 0.29) is 5.91 Å². The normalized spacial score (nSPS) is 11.0. The predicted octanol–water partition coefficient (Wildman–Crippen LogP) is 2.77. The highest BCUT2D eigenvalue weighted by Crippen LogP contribution is 2.17. The molecule has 25 heavy (non-hydrogen) atoms. The molecule has 0 spiro atoms. The number of carbonyl (C=O) groups excluding carboxylic acids is 1. The molecule has 1 N–H and O–H groups in total. The third-order valence-electron chi connectivity index (χ3n) is 4.02. The second-order valence-corrected chi connectivity index (χ2v) is 6.41. The van der Waals surface area contributed by atoms with Gasteiger partial charge in [0.1, 0.15) is 6.33 Å². The van der Waals surface area contributed by atoms with Crippen molar-refractivity contribution >= 4 is 23.3 Å². The lowest BCUT2D eigenvalue weighted by atomic mass is 10.1. The summed E-state index contributed by atoms with van der Waals surface area (Å²) in [5.41, 5.74) is 3.24. The summed E-state index contributed by atoms with van der Waals surface area (Å²) in [6.45, 7) is 2.62. The standard InChI is InChI=1S/C18H20ClN5O/c1-13-9-14(4-6-16(13)19)5-7-17(25)20-8-2-3-15-10-21-18-22-12-23-24(18)11-15/h4,6,9-12H,2-3,5,7-8H2,1H3,(H,20,25). The Bertz CT molecular complexity index is 877. The first-order valence-electron chi connectivity index (χ1n) is 8.28. The first-order chi connectivity index (χ1) is 12.1. The number of fused-ring (bicyclic) bond motifs is 1. The van der Waals surface area contributed by atoms with Crippen LogP contribution in [0.5, 0.6) is 0 Å². The Morgan fingerprint density at radius 2 is 2.12 bits per heavy atom. The van der Waals surface area contributed by atoms with E-state index >= 15 is 0 Å². The van der Waals surface area contributed by atoms with Gasteiger partial charge in [0, 0.05) is 30.4 Å². The van der Waals surface area contributed by atoms with Crippen molar-refractivity contribution in [1.29, 1.82) is 0 Å². The highest BCUT2D eigenvalue weighted by Gasteiger charge is 2.04. The molecule has 0 saturated carbocycles. The number of carbonyl (C=O) groups is 1. The lowest BCUT2D eigenvalue weighted by Gasteiger charge is -2.07. The van der Waals surface area contributed by atoms with Gasteiger partial charge in [0.05, 0.1) is 0 Å². The number of benzene rings is 1. The molecule has 0 aliphatic heterocycles. The molecule has 3 aromatic rings. The number of hydrogen-bond donors (Lipinski definition) is 1. The average molecular weight is 358 g/mol. The minimum Gasteiger partial charge on any atom is -0.356 e. The van der Waals surface area contributed by atoms with E-state index in [9.17, 15) is 4.79 Å². The van der Waals surface area contributed by atoms with Crippen LogP contribution in [-0.2, 0) is 17.6 Å². The molecule has 130 valence electrons. The Morgan fingerprint density at radius 3 is 2.96 bits per heavy atom. The molecule has 0 aliphatic rings. The van der Waals surface area contributed by atoms with Crippen LogP contribution in [0.15, 0.2) is 36.9 Å². The van der Waals surface area contributed by atoms with E-state index in [1.807, 2.05) is 31.3 Å². The van der Waals surface area contributed by atoms with Crippen LogP contribution in [0.4, 0.5) is 0 Å². The van der Waals surface area contributed by atoms with Crippen molar-refractivity contribution in [2.75, 3.05) is 6.54 Å². The van der Waals surface area contributed by atoms with Gasteiger partial charge >= 0.3 is 0 Å². The quantitative estimate of drug-likeness (QED) is 0.660. The van der Waals surface area contributed by atoms with Gasteiger partial charge in [-0.05, 0) is 48.9 Å². The minimum absolute atomic E-state index is 0.0671. The van der Waals surface area contributed by atoms with E-state index in [2.05, 4.69) is 20.4 Å². The van der Waals surface area contributed by atoms with Gasteiger partial charge in [-0.2, -0.15) is 10.1 Å². The first kappa shape index (κ1) is 17.4. The number of hydrogen-bond acceptors (Lipinski definition) is 4. The Labute approximate surface area is 151 Å². The number of amides is 1. The Kier molecular flexibility index (Phi) is 5.60. The molecule has 0 atom stereocenters. The molecule has 0 bridgehead atoms. The van der Waals surface area contributed by atoms with E-state index < -0.39 is 0 Å². The summed E-state index contributed by atoms with van der Waals surface area (Å²) >= 11 is 6.01. The maximum atomic E-state index is 11.9. The largest absolute Gasteiger partial charge is 0.356 e. The summed E-state index contributed by atoms with van der Waals surface area (Å²) in [5.74, 6) is 0.659. The van der Waals surface area contributed by atoms with Crippen LogP contribution in [0.25, 0.3) is 5.78 Å². The zero-order valence-electron chi connectivity index (χ0n) is 14.1. The van der Waals surface area contributed by atoms with Gasteiger partial charge in [-0.1, -0.05) is 23.7 Å². The van der Waals surface area contributed by atoms with Crippen LogP contribution in [0.2, 0.25) is 5.02 Å². The maximum absolute atomic E-state index is 11.9. The van der Waals surface area contributed by atoms with Gasteiger partial charge in [-0.25, -0.2) is 9.50 Å². The second-order valence-electron chi connectivity index (χ2n) is 6.00. The van der Waals surface area contributed by atoms with Crippen LogP contribution < -0.4 is 5.32 Å². The van der Waals surface area contributed by atoms with Crippen molar-refractivity contribution in [1.82, 2.24) is 24.9 Å². The lowest BCUT2D eigenvalue weighted by Crippen LogP contribution is -2.25. The second kappa shape index (κ2) is 8.07. The first-order valence-corrected chi connectivity index (χ1v) is 8.65. The van der Waals surface area contributed by atoms with Crippen LogP contribution in [-0.4, -0.2) is 32.0 Å². The van der Waals surface area contributed by atoms with E-state index in [1.165, 1.54) is 6.33 Å². The minimum atomic E-state index is 0.0671. The smallest absolute Gasteiger partial charge is 0.252 e. The van der Waals surface area contributed by atoms with Crippen molar-refractivity contribution in [2.24, 2.45) is 0 Å². The summed E-state index contributed by atoms with van der Waals surface area (Å²) < 4.78 is 1.65. The number of nitrogens with one attached hydrogen (secondary N) is 1. The van der Waals surface area contributed by atoms with E-state index in [0.29, 0.717) is 18.7 Å². The molecule has 2 aromatic heterocycles. The molecule has 6 nitrogen and oxygen atoms in total. The summed E-state index contributed by atoms with van der Waals surface area (Å²) in [5, 5.41) is 7.78. The molecule has 7 heteroatoms. The molecular formula is C18H20ClN5O. The molecule has 0 fully saturated rings. The lowest BCUT2D eigenvalue weighted by molar-refractivity contribution is -0.121. The molecule has 1 aromatic carbocycles. The monoisotopic (exact) mass is 357 g/mol. The van der Waals surface area contributed by atoms with Crippen LogP contribution in [0.1, 0.15) is 29.5 Å². The number of nitrogens with zero attached hydrogens (tertiary/aromatic N) is 4. The van der Waals surface area contributed by atoms with Crippen molar-refractivity contribution in [2.45, 2.75) is 32.6 Å². The highest BCUT2D eigenvalue weighted by atomic mass is 35.5. The van der Waals surface area contributed by atoms with E-state index in [0.717, 1.165) is 41.0 Å². The molecular weight excluding hydrogens is 338 g/mol. The van der Waals surface area contributed by atoms with Crippen LogP contribution in [0, 0.1) is 6.92 Å². The van der Waals surface area contributed by atoms with Crippen molar-refractivity contribution in [3.05, 3.63) is 58.6 Å². The molecule has 0 saturated heterocycles. The number of aromatic nitrogens is 4. The Hall–Kier alpha value is -2.47.